The Morgan fingerprint density at radius 2 is 1.81 bits per heavy atom. The van der Waals surface area contributed by atoms with Gasteiger partial charge in [0.25, 0.3) is 11.5 Å². The molecule has 0 aliphatic carbocycles. The molecule has 0 unspecified atom stereocenters. The predicted molar refractivity (Wildman–Crippen MR) is 155 cm³/mol. The number of hydrogen-bond donors (Lipinski definition) is 1. The van der Waals surface area contributed by atoms with Crippen LogP contribution in [0.4, 0.5) is 5.82 Å². The van der Waals surface area contributed by atoms with Crippen LogP contribution in [0.15, 0.2) is 28.0 Å². The molecule has 2 saturated heterocycles. The SMILES string of the molecule is CCCCCCCCN1C(=O)C(=Cc2c(N3CCN(CCO)CC3)nc3c(C)cccn3c2=O)SC1=S. The summed E-state index contributed by atoms with van der Waals surface area (Å²) in [5.41, 5.74) is 1.76. The number of carbonyl (C=O) groups excluding carboxylic acids is 1. The summed E-state index contributed by atoms with van der Waals surface area (Å²) >= 11 is 6.81. The van der Waals surface area contributed by atoms with E-state index in [0.29, 0.717) is 52.4 Å². The minimum Gasteiger partial charge on any atom is -0.395 e. The number of carbonyl (C=O) groups is 1. The van der Waals surface area contributed by atoms with Crippen molar-refractivity contribution in [3.8, 4) is 0 Å². The van der Waals surface area contributed by atoms with E-state index in [-0.39, 0.29) is 18.1 Å². The number of amides is 1. The molecule has 4 heterocycles. The zero-order valence-corrected chi connectivity index (χ0v) is 23.5. The Labute approximate surface area is 228 Å². The number of thiocarbonyl (C=S) groups is 1. The summed E-state index contributed by atoms with van der Waals surface area (Å²) in [6.07, 6.45) is 10.3. The fraction of sp³-hybridized carbons (Fsp3) is 0.556. The maximum Gasteiger partial charge on any atom is 0.267 e. The second-order valence-electron chi connectivity index (χ2n) is 9.69. The van der Waals surface area contributed by atoms with Crippen LogP contribution in [0.1, 0.15) is 56.6 Å². The highest BCUT2D eigenvalue weighted by Gasteiger charge is 2.33. The van der Waals surface area contributed by atoms with Gasteiger partial charge in [-0.25, -0.2) is 4.98 Å². The van der Waals surface area contributed by atoms with Gasteiger partial charge in [0.15, 0.2) is 0 Å². The molecular formula is C27H37N5O3S2. The van der Waals surface area contributed by atoms with Crippen LogP contribution in [0.5, 0.6) is 0 Å². The van der Waals surface area contributed by atoms with E-state index in [4.69, 9.17) is 17.2 Å². The molecule has 8 nitrogen and oxygen atoms in total. The van der Waals surface area contributed by atoms with Crippen LogP contribution >= 0.6 is 24.0 Å². The second-order valence-corrected chi connectivity index (χ2v) is 11.4. The molecule has 200 valence electrons. The third-order valence-electron chi connectivity index (χ3n) is 7.04. The molecular weight excluding hydrogens is 506 g/mol. The summed E-state index contributed by atoms with van der Waals surface area (Å²) in [4.78, 5) is 38.4. The maximum absolute atomic E-state index is 13.7. The zero-order valence-electron chi connectivity index (χ0n) is 21.8. The Kier molecular flexibility index (Phi) is 9.75. The molecule has 1 amide bonds. The van der Waals surface area contributed by atoms with Crippen molar-refractivity contribution in [2.75, 3.05) is 50.8 Å². The van der Waals surface area contributed by atoms with Crippen LogP contribution in [0.2, 0.25) is 0 Å². The van der Waals surface area contributed by atoms with Gasteiger partial charge in [-0.3, -0.25) is 23.8 Å². The van der Waals surface area contributed by atoms with E-state index in [2.05, 4.69) is 16.7 Å². The summed E-state index contributed by atoms with van der Waals surface area (Å²) < 4.78 is 2.11. The minimum absolute atomic E-state index is 0.126. The Hall–Kier alpha value is -2.27. The second kappa shape index (κ2) is 13.0. The van der Waals surface area contributed by atoms with Gasteiger partial charge in [-0.15, -0.1) is 0 Å². The number of aliphatic hydroxyl groups is 1. The Morgan fingerprint density at radius 3 is 2.54 bits per heavy atom. The Morgan fingerprint density at radius 1 is 1.08 bits per heavy atom. The number of fused-ring (bicyclic) bond motifs is 1. The van der Waals surface area contributed by atoms with E-state index in [1.54, 1.807) is 21.6 Å². The molecule has 10 heteroatoms. The van der Waals surface area contributed by atoms with Gasteiger partial charge in [-0.2, -0.15) is 0 Å². The van der Waals surface area contributed by atoms with Crippen molar-refractivity contribution in [2.24, 2.45) is 0 Å². The molecule has 0 aromatic carbocycles. The molecule has 2 aliphatic heterocycles. The molecule has 2 fully saturated rings. The van der Waals surface area contributed by atoms with Crippen molar-refractivity contribution in [1.82, 2.24) is 19.2 Å². The van der Waals surface area contributed by atoms with Crippen molar-refractivity contribution in [1.29, 1.82) is 0 Å². The number of thioether (sulfide) groups is 1. The van der Waals surface area contributed by atoms with Crippen molar-refractivity contribution in [2.45, 2.75) is 52.4 Å². The molecule has 0 radical (unpaired) electrons. The van der Waals surface area contributed by atoms with Gasteiger partial charge in [-0.1, -0.05) is 69.1 Å². The molecule has 0 atom stereocenters. The summed E-state index contributed by atoms with van der Waals surface area (Å²) in [7, 11) is 0. The van der Waals surface area contributed by atoms with Crippen LogP contribution in [0, 0.1) is 6.92 Å². The van der Waals surface area contributed by atoms with E-state index in [9.17, 15) is 14.7 Å². The fourth-order valence-electron chi connectivity index (χ4n) is 4.87. The molecule has 2 aromatic rings. The summed E-state index contributed by atoms with van der Waals surface area (Å²) in [5.74, 6) is 0.472. The van der Waals surface area contributed by atoms with Crippen LogP contribution < -0.4 is 10.5 Å². The van der Waals surface area contributed by atoms with Gasteiger partial charge in [0.1, 0.15) is 15.8 Å². The maximum atomic E-state index is 13.7. The number of aliphatic hydroxyl groups excluding tert-OH is 1. The smallest absolute Gasteiger partial charge is 0.267 e. The van der Waals surface area contributed by atoms with Crippen LogP contribution in [0.25, 0.3) is 11.7 Å². The molecule has 37 heavy (non-hydrogen) atoms. The highest BCUT2D eigenvalue weighted by Crippen LogP contribution is 2.34. The highest BCUT2D eigenvalue weighted by molar-refractivity contribution is 8.26. The third-order valence-corrected chi connectivity index (χ3v) is 8.41. The third kappa shape index (κ3) is 6.42. The summed E-state index contributed by atoms with van der Waals surface area (Å²) in [6.45, 7) is 8.44. The molecule has 2 aliphatic rings. The number of pyridine rings is 1. The van der Waals surface area contributed by atoms with Crippen LogP contribution in [-0.2, 0) is 4.79 Å². The predicted octanol–water partition coefficient (Wildman–Crippen LogP) is 3.68. The van der Waals surface area contributed by atoms with Gasteiger partial charge in [0.05, 0.1) is 17.1 Å². The van der Waals surface area contributed by atoms with Gasteiger partial charge < -0.3 is 10.0 Å². The number of hydrogen-bond acceptors (Lipinski definition) is 8. The first-order chi connectivity index (χ1) is 17.9. The largest absolute Gasteiger partial charge is 0.395 e. The van der Waals surface area contributed by atoms with Gasteiger partial charge in [0, 0.05) is 45.5 Å². The standard InChI is InChI=1S/C27H37N5O3S2/c1-3-4-5-6-7-8-11-32-26(35)22(37-27(32)36)19-21-24(30-15-13-29(14-16-30)17-18-33)28-23-20(2)10-9-12-31(23)25(21)34/h9-10,12,19,33H,3-8,11,13-18H2,1-2H3. The number of anilines is 1. The number of nitrogens with zero attached hydrogens (tertiary/aromatic N) is 5. The molecule has 0 bridgehead atoms. The van der Waals surface area contributed by atoms with Crippen molar-refractivity contribution in [3.63, 3.8) is 0 Å². The van der Waals surface area contributed by atoms with Gasteiger partial charge >= 0.3 is 0 Å². The topological polar surface area (TPSA) is 81.4 Å². The normalized spacial score (nSPS) is 18.1. The fourth-order valence-corrected chi connectivity index (χ4v) is 6.16. The van der Waals surface area contributed by atoms with Crippen LogP contribution in [0.3, 0.4) is 0 Å². The number of aromatic nitrogens is 2. The van der Waals surface area contributed by atoms with E-state index >= 15 is 0 Å². The molecule has 0 saturated carbocycles. The number of unbranched alkanes of at least 4 members (excludes halogenated alkanes) is 5. The Bertz CT molecular complexity index is 1220. The molecule has 0 spiro atoms. The quantitative estimate of drug-likeness (QED) is 0.261. The average molecular weight is 544 g/mol. The first-order valence-electron chi connectivity index (χ1n) is 13.3. The Balaban J connectivity index is 1.61. The summed E-state index contributed by atoms with van der Waals surface area (Å²) in [5, 5.41) is 9.29. The molecule has 1 N–H and O–H groups in total. The highest BCUT2D eigenvalue weighted by atomic mass is 32.2. The van der Waals surface area contributed by atoms with Crippen molar-refractivity contribution in [3.05, 3.63) is 44.7 Å². The van der Waals surface area contributed by atoms with Gasteiger partial charge in [0.2, 0.25) is 0 Å². The van der Waals surface area contributed by atoms with Crippen molar-refractivity contribution >= 4 is 51.7 Å². The van der Waals surface area contributed by atoms with Gasteiger partial charge in [-0.05, 0) is 31.1 Å². The van der Waals surface area contributed by atoms with Crippen LogP contribution in [-0.4, -0.2) is 80.4 Å². The number of aryl methyl sites for hydroxylation is 1. The lowest BCUT2D eigenvalue weighted by Crippen LogP contribution is -2.48. The minimum atomic E-state index is -0.192. The first kappa shape index (κ1) is 27.8. The molecule has 4 rings (SSSR count). The zero-order chi connectivity index (χ0) is 26.4. The molecule has 2 aromatic heterocycles. The van der Waals surface area contributed by atoms with E-state index < -0.39 is 0 Å². The average Bonchev–Trinajstić information content (AvgIpc) is 3.16. The number of β-amino-alcohol motifs (C(OH)–C–C–N with tert-alkyl or cyclic N) is 1. The first-order valence-corrected chi connectivity index (χ1v) is 14.5. The lowest BCUT2D eigenvalue weighted by Gasteiger charge is -2.35. The monoisotopic (exact) mass is 543 g/mol. The van der Waals surface area contributed by atoms with E-state index in [1.165, 1.54) is 37.4 Å². The van der Waals surface area contributed by atoms with E-state index in [0.717, 1.165) is 31.5 Å². The van der Waals surface area contributed by atoms with E-state index in [1.807, 2.05) is 19.1 Å². The lowest BCUT2D eigenvalue weighted by atomic mass is 10.1. The lowest BCUT2D eigenvalue weighted by molar-refractivity contribution is -0.122. The van der Waals surface area contributed by atoms with Crippen molar-refractivity contribution < 1.29 is 9.90 Å². The number of piperazine rings is 1. The number of rotatable bonds is 11. The summed E-state index contributed by atoms with van der Waals surface area (Å²) in [6, 6.07) is 3.78.